The number of amides is 1. The van der Waals surface area contributed by atoms with Crippen LogP contribution in [0.4, 0.5) is 11.6 Å². The first-order valence-corrected chi connectivity index (χ1v) is 7.63. The van der Waals surface area contributed by atoms with Gasteiger partial charge in [-0.15, -0.1) is 0 Å². The Bertz CT molecular complexity index is 704. The van der Waals surface area contributed by atoms with Crippen molar-refractivity contribution < 1.29 is 9.59 Å². The van der Waals surface area contributed by atoms with Crippen molar-refractivity contribution >= 4 is 23.3 Å². The zero-order valence-corrected chi connectivity index (χ0v) is 13.0. The number of nitrogens with one attached hydrogen (secondary N) is 1. The van der Waals surface area contributed by atoms with Gasteiger partial charge in [0, 0.05) is 24.2 Å². The first kappa shape index (κ1) is 15.1. The Kier molecular flexibility index (Phi) is 4.32. The van der Waals surface area contributed by atoms with Crippen LogP contribution in [0, 0.1) is 0 Å². The van der Waals surface area contributed by atoms with E-state index in [1.54, 1.807) is 36.7 Å². The molecule has 0 atom stereocenters. The van der Waals surface area contributed by atoms with Gasteiger partial charge in [0.15, 0.2) is 5.78 Å². The second-order valence-electron chi connectivity index (χ2n) is 5.55. The maximum absolute atomic E-state index is 12.2. The normalized spacial score (nSPS) is 13.9. The highest BCUT2D eigenvalue weighted by Gasteiger charge is 2.15. The van der Waals surface area contributed by atoms with Crippen molar-refractivity contribution in [3.63, 3.8) is 0 Å². The molecule has 1 amide bonds. The van der Waals surface area contributed by atoms with E-state index in [1.807, 2.05) is 0 Å². The van der Waals surface area contributed by atoms with Crippen molar-refractivity contribution in [2.75, 3.05) is 23.3 Å². The topological polar surface area (TPSA) is 75.2 Å². The molecule has 1 aromatic carbocycles. The number of carbonyl (C=O) groups excluding carboxylic acids is 2. The third kappa shape index (κ3) is 3.53. The zero-order valence-electron chi connectivity index (χ0n) is 13.0. The predicted molar refractivity (Wildman–Crippen MR) is 87.9 cm³/mol. The molecule has 1 N–H and O–H groups in total. The molecule has 0 radical (unpaired) electrons. The molecule has 118 valence electrons. The molecule has 1 aromatic heterocycles. The van der Waals surface area contributed by atoms with Crippen LogP contribution in [0.15, 0.2) is 36.7 Å². The minimum Gasteiger partial charge on any atom is -0.341 e. The molecule has 0 bridgehead atoms. The summed E-state index contributed by atoms with van der Waals surface area (Å²) < 4.78 is 0. The third-order valence-electron chi connectivity index (χ3n) is 3.84. The minimum absolute atomic E-state index is 0.0251. The van der Waals surface area contributed by atoms with E-state index in [2.05, 4.69) is 20.2 Å². The van der Waals surface area contributed by atoms with Gasteiger partial charge in [-0.25, -0.2) is 9.97 Å². The summed E-state index contributed by atoms with van der Waals surface area (Å²) in [5.74, 6) is 0.423. The number of rotatable bonds is 4. The van der Waals surface area contributed by atoms with E-state index in [4.69, 9.17) is 0 Å². The maximum Gasteiger partial charge on any atom is 0.255 e. The second-order valence-corrected chi connectivity index (χ2v) is 5.55. The van der Waals surface area contributed by atoms with E-state index < -0.39 is 0 Å². The standard InChI is InChI=1S/C17H18N4O2/c1-12(22)13-4-6-14(7-5-13)16(23)20-15-10-18-17(19-11-15)21-8-2-3-9-21/h4-7,10-11H,2-3,8-9H2,1H3,(H,20,23). The highest BCUT2D eigenvalue weighted by atomic mass is 16.1. The number of aromatic nitrogens is 2. The number of ketones is 1. The monoisotopic (exact) mass is 310 g/mol. The largest absolute Gasteiger partial charge is 0.341 e. The molecule has 2 aromatic rings. The van der Waals surface area contributed by atoms with Crippen LogP contribution in [0.1, 0.15) is 40.5 Å². The number of Topliss-reactive ketones (excluding diaryl/α,β-unsaturated/α-hetero) is 1. The van der Waals surface area contributed by atoms with Crippen molar-refractivity contribution in [2.24, 2.45) is 0 Å². The van der Waals surface area contributed by atoms with Gasteiger partial charge in [-0.3, -0.25) is 9.59 Å². The fourth-order valence-electron chi connectivity index (χ4n) is 2.53. The number of hydrogen-bond donors (Lipinski definition) is 1. The molecule has 0 spiro atoms. The summed E-state index contributed by atoms with van der Waals surface area (Å²) in [5, 5.41) is 2.76. The van der Waals surface area contributed by atoms with Crippen LogP contribution < -0.4 is 10.2 Å². The minimum atomic E-state index is -0.252. The molecule has 0 unspecified atom stereocenters. The Morgan fingerprint density at radius 2 is 1.57 bits per heavy atom. The average Bonchev–Trinajstić information content (AvgIpc) is 3.10. The lowest BCUT2D eigenvalue weighted by atomic mass is 10.1. The summed E-state index contributed by atoms with van der Waals surface area (Å²) in [6.07, 6.45) is 5.56. The number of anilines is 2. The first-order valence-electron chi connectivity index (χ1n) is 7.63. The summed E-state index contributed by atoms with van der Waals surface area (Å²) in [7, 11) is 0. The SMILES string of the molecule is CC(=O)c1ccc(C(=O)Nc2cnc(N3CCCC3)nc2)cc1. The van der Waals surface area contributed by atoms with E-state index in [0.29, 0.717) is 22.8 Å². The first-order chi connectivity index (χ1) is 11.1. The average molecular weight is 310 g/mol. The van der Waals surface area contributed by atoms with Gasteiger partial charge in [0.25, 0.3) is 5.91 Å². The lowest BCUT2D eigenvalue weighted by Crippen LogP contribution is -2.20. The van der Waals surface area contributed by atoms with Crippen molar-refractivity contribution in [3.05, 3.63) is 47.8 Å². The Morgan fingerprint density at radius 3 is 2.13 bits per heavy atom. The summed E-state index contributed by atoms with van der Waals surface area (Å²) in [5.41, 5.74) is 1.62. The number of nitrogens with zero attached hydrogens (tertiary/aromatic N) is 3. The molecule has 2 heterocycles. The lowest BCUT2D eigenvalue weighted by Gasteiger charge is -2.14. The van der Waals surface area contributed by atoms with Gasteiger partial charge < -0.3 is 10.2 Å². The fourth-order valence-corrected chi connectivity index (χ4v) is 2.53. The Hall–Kier alpha value is -2.76. The van der Waals surface area contributed by atoms with Crippen LogP contribution in [-0.2, 0) is 0 Å². The number of carbonyl (C=O) groups is 2. The summed E-state index contributed by atoms with van der Waals surface area (Å²) in [6.45, 7) is 3.46. The van der Waals surface area contributed by atoms with Gasteiger partial charge >= 0.3 is 0 Å². The summed E-state index contributed by atoms with van der Waals surface area (Å²) >= 11 is 0. The molecule has 23 heavy (non-hydrogen) atoms. The van der Waals surface area contributed by atoms with Crippen LogP contribution in [0.3, 0.4) is 0 Å². The molecule has 0 saturated carbocycles. The van der Waals surface area contributed by atoms with E-state index in [1.165, 1.54) is 6.92 Å². The molecule has 3 rings (SSSR count). The van der Waals surface area contributed by atoms with Crippen LogP contribution in [0.5, 0.6) is 0 Å². The highest BCUT2D eigenvalue weighted by Crippen LogP contribution is 2.16. The van der Waals surface area contributed by atoms with Crippen molar-refractivity contribution in [1.29, 1.82) is 0 Å². The summed E-state index contributed by atoms with van der Waals surface area (Å²) in [4.78, 5) is 34.1. The van der Waals surface area contributed by atoms with Gasteiger partial charge in [0.05, 0.1) is 18.1 Å². The van der Waals surface area contributed by atoms with Crippen molar-refractivity contribution in [1.82, 2.24) is 9.97 Å². The third-order valence-corrected chi connectivity index (χ3v) is 3.84. The second kappa shape index (κ2) is 6.56. The molecule has 1 aliphatic heterocycles. The predicted octanol–water partition coefficient (Wildman–Crippen LogP) is 2.53. The maximum atomic E-state index is 12.2. The Labute approximate surface area is 134 Å². The van der Waals surface area contributed by atoms with E-state index in [-0.39, 0.29) is 11.7 Å². The molecule has 1 aliphatic rings. The number of benzene rings is 1. The quantitative estimate of drug-likeness (QED) is 0.878. The Balaban J connectivity index is 1.66. The molecule has 6 heteroatoms. The molecular weight excluding hydrogens is 292 g/mol. The van der Waals surface area contributed by atoms with Crippen molar-refractivity contribution in [2.45, 2.75) is 19.8 Å². The van der Waals surface area contributed by atoms with E-state index in [9.17, 15) is 9.59 Å². The zero-order chi connectivity index (χ0) is 16.2. The van der Waals surface area contributed by atoms with Crippen LogP contribution in [0.2, 0.25) is 0 Å². The highest BCUT2D eigenvalue weighted by molar-refractivity contribution is 6.04. The van der Waals surface area contributed by atoms with E-state index >= 15 is 0 Å². The number of hydrogen-bond acceptors (Lipinski definition) is 5. The van der Waals surface area contributed by atoms with Gasteiger partial charge in [-0.1, -0.05) is 12.1 Å². The molecule has 6 nitrogen and oxygen atoms in total. The summed E-state index contributed by atoms with van der Waals surface area (Å²) in [6, 6.07) is 6.55. The van der Waals surface area contributed by atoms with Crippen molar-refractivity contribution in [3.8, 4) is 0 Å². The fraction of sp³-hybridized carbons (Fsp3) is 0.294. The molecule has 0 aliphatic carbocycles. The Morgan fingerprint density at radius 1 is 1.00 bits per heavy atom. The molecule has 1 fully saturated rings. The van der Waals surface area contributed by atoms with Crippen LogP contribution in [0.25, 0.3) is 0 Å². The van der Waals surface area contributed by atoms with Gasteiger partial charge in [0.1, 0.15) is 0 Å². The molecule has 1 saturated heterocycles. The van der Waals surface area contributed by atoms with E-state index in [0.717, 1.165) is 25.9 Å². The smallest absolute Gasteiger partial charge is 0.255 e. The molecular formula is C17H18N4O2. The van der Waals surface area contributed by atoms with Gasteiger partial charge in [-0.05, 0) is 31.9 Å². The van der Waals surface area contributed by atoms with Gasteiger partial charge in [-0.2, -0.15) is 0 Å². The lowest BCUT2D eigenvalue weighted by molar-refractivity contribution is 0.100. The van der Waals surface area contributed by atoms with Crippen LogP contribution in [-0.4, -0.2) is 34.7 Å². The van der Waals surface area contributed by atoms with Gasteiger partial charge in [0.2, 0.25) is 5.95 Å². The van der Waals surface area contributed by atoms with Crippen LogP contribution >= 0.6 is 0 Å².